The predicted molar refractivity (Wildman–Crippen MR) is 125 cm³/mol. The van der Waals surface area contributed by atoms with Gasteiger partial charge in [0.05, 0.1) is 0 Å². The van der Waals surface area contributed by atoms with E-state index in [9.17, 15) is 10.2 Å². The Labute approximate surface area is 189 Å². The Morgan fingerprint density at radius 3 is 1.25 bits per heavy atom. The normalized spacial score (nSPS) is 9.81. The highest BCUT2D eigenvalue weighted by atomic mass is 16.4. The van der Waals surface area contributed by atoms with Crippen LogP contribution in [0, 0.1) is 27.7 Å². The van der Waals surface area contributed by atoms with Gasteiger partial charge in [-0.25, -0.2) is 0 Å². The van der Waals surface area contributed by atoms with Crippen LogP contribution < -0.4 is 10.6 Å². The number of aromatic hydroxyl groups is 2. The van der Waals surface area contributed by atoms with Gasteiger partial charge in [-0.1, -0.05) is 35.4 Å². The maximum atomic E-state index is 10.1. The molecule has 0 fully saturated rings. The first-order valence-electron chi connectivity index (χ1n) is 10.2. The van der Waals surface area contributed by atoms with Gasteiger partial charge in [0.15, 0.2) is 0 Å². The van der Waals surface area contributed by atoms with Crippen molar-refractivity contribution >= 4 is 11.9 Å². The van der Waals surface area contributed by atoms with E-state index < -0.39 is 11.9 Å². The van der Waals surface area contributed by atoms with Crippen LogP contribution in [-0.2, 0) is 22.7 Å². The van der Waals surface area contributed by atoms with Gasteiger partial charge in [0.2, 0.25) is 0 Å². The first kappa shape index (κ1) is 28.9. The third kappa shape index (κ3) is 12.6. The molecule has 0 aromatic heterocycles. The molecule has 0 heterocycles. The molecule has 178 valence electrons. The summed E-state index contributed by atoms with van der Waals surface area (Å²) in [5.74, 6) is -0.914. The van der Waals surface area contributed by atoms with Crippen LogP contribution in [0.25, 0.3) is 0 Å². The fraction of sp³-hybridized carbons (Fsp3) is 0.417. The van der Waals surface area contributed by atoms with Crippen molar-refractivity contribution in [2.75, 3.05) is 13.1 Å². The quantitative estimate of drug-likeness (QED) is 0.354. The zero-order valence-electron chi connectivity index (χ0n) is 19.7. The lowest BCUT2D eigenvalue weighted by molar-refractivity contribution is -0.135. The standard InChI is InChI=1S/C20H28N2O2.2C2H4O2/c1-13-7-15(3)19(23)17(9-13)11-21-5-6-22-12-18-10-14(2)8-16(4)20(18)24;2*1-2(3)4/h7-10,21-24H,5-6,11-12H2,1-4H3;2*1H3,(H,3,4). The average Bonchev–Trinajstić information content (AvgIpc) is 2.64. The zero-order chi connectivity index (χ0) is 24.8. The van der Waals surface area contributed by atoms with E-state index in [1.807, 2.05) is 52.0 Å². The van der Waals surface area contributed by atoms with Crippen molar-refractivity contribution in [1.82, 2.24) is 10.6 Å². The highest BCUT2D eigenvalue weighted by Gasteiger charge is 2.06. The molecule has 0 aliphatic heterocycles. The number of carboxylic acids is 2. The van der Waals surface area contributed by atoms with Crippen molar-refractivity contribution in [1.29, 1.82) is 0 Å². The number of phenols is 2. The Morgan fingerprint density at radius 1 is 0.688 bits per heavy atom. The molecule has 8 nitrogen and oxygen atoms in total. The van der Waals surface area contributed by atoms with Gasteiger partial charge < -0.3 is 31.1 Å². The molecule has 2 rings (SSSR count). The van der Waals surface area contributed by atoms with Crippen LogP contribution in [0.15, 0.2) is 24.3 Å². The van der Waals surface area contributed by atoms with Crippen molar-refractivity contribution < 1.29 is 30.0 Å². The van der Waals surface area contributed by atoms with E-state index in [4.69, 9.17) is 19.8 Å². The molecule has 0 amide bonds. The fourth-order valence-corrected chi connectivity index (χ4v) is 2.99. The Kier molecular flexibility index (Phi) is 13.4. The molecule has 0 radical (unpaired) electrons. The van der Waals surface area contributed by atoms with E-state index in [1.54, 1.807) is 0 Å². The molecular formula is C24H36N2O6. The number of phenolic OH excluding ortho intramolecular Hbond substituents is 2. The van der Waals surface area contributed by atoms with Crippen molar-refractivity contribution in [3.05, 3.63) is 57.6 Å². The summed E-state index contributed by atoms with van der Waals surface area (Å²) in [5.41, 5.74) is 6.00. The van der Waals surface area contributed by atoms with Gasteiger partial charge in [-0.15, -0.1) is 0 Å². The minimum atomic E-state index is -0.833. The first-order chi connectivity index (χ1) is 14.8. The second kappa shape index (κ2) is 14.8. The summed E-state index contributed by atoms with van der Waals surface area (Å²) in [5, 5.41) is 41.6. The van der Waals surface area contributed by atoms with Gasteiger partial charge >= 0.3 is 0 Å². The molecule has 0 unspecified atom stereocenters. The summed E-state index contributed by atoms with van der Waals surface area (Å²) in [7, 11) is 0. The van der Waals surface area contributed by atoms with Gasteiger partial charge in [0.1, 0.15) is 11.5 Å². The fourth-order valence-electron chi connectivity index (χ4n) is 2.99. The molecule has 8 heteroatoms. The summed E-state index contributed by atoms with van der Waals surface area (Å²) in [4.78, 5) is 18.0. The molecule has 0 spiro atoms. The SMILES string of the molecule is CC(=O)O.CC(=O)O.Cc1cc(C)c(O)c(CNCCNCc2cc(C)cc(C)c2O)c1. The lowest BCUT2D eigenvalue weighted by Crippen LogP contribution is -2.27. The zero-order valence-corrected chi connectivity index (χ0v) is 19.7. The Hall–Kier alpha value is -3.10. The molecule has 0 bridgehead atoms. The van der Waals surface area contributed by atoms with E-state index in [1.165, 1.54) is 0 Å². The third-order valence-corrected chi connectivity index (χ3v) is 4.16. The molecule has 32 heavy (non-hydrogen) atoms. The molecular weight excluding hydrogens is 412 g/mol. The number of aryl methyl sites for hydroxylation is 4. The summed E-state index contributed by atoms with van der Waals surface area (Å²) in [6.45, 7) is 12.9. The van der Waals surface area contributed by atoms with E-state index in [0.717, 1.165) is 60.3 Å². The number of benzene rings is 2. The topological polar surface area (TPSA) is 139 Å². The largest absolute Gasteiger partial charge is 0.507 e. The summed E-state index contributed by atoms with van der Waals surface area (Å²) in [6, 6.07) is 7.99. The maximum Gasteiger partial charge on any atom is 0.300 e. The van der Waals surface area contributed by atoms with Crippen LogP contribution in [-0.4, -0.2) is 45.5 Å². The smallest absolute Gasteiger partial charge is 0.300 e. The van der Waals surface area contributed by atoms with E-state index in [0.29, 0.717) is 24.6 Å². The van der Waals surface area contributed by atoms with Crippen LogP contribution >= 0.6 is 0 Å². The number of hydrogen-bond acceptors (Lipinski definition) is 6. The Balaban J connectivity index is 0.00000104. The van der Waals surface area contributed by atoms with Crippen LogP contribution in [0.1, 0.15) is 47.2 Å². The van der Waals surface area contributed by atoms with Crippen LogP contribution in [0.5, 0.6) is 11.5 Å². The number of carboxylic acid groups (broad SMARTS) is 2. The minimum absolute atomic E-state index is 0.376. The lowest BCUT2D eigenvalue weighted by atomic mass is 10.1. The minimum Gasteiger partial charge on any atom is -0.507 e. The van der Waals surface area contributed by atoms with Crippen molar-refractivity contribution in [3.8, 4) is 11.5 Å². The van der Waals surface area contributed by atoms with E-state index >= 15 is 0 Å². The van der Waals surface area contributed by atoms with Crippen LogP contribution in [0.2, 0.25) is 0 Å². The highest BCUT2D eigenvalue weighted by molar-refractivity contribution is 5.63. The average molecular weight is 449 g/mol. The maximum absolute atomic E-state index is 10.1. The van der Waals surface area contributed by atoms with Crippen LogP contribution in [0.3, 0.4) is 0 Å². The summed E-state index contributed by atoms with van der Waals surface area (Å²) < 4.78 is 0. The Morgan fingerprint density at radius 2 is 0.969 bits per heavy atom. The second-order valence-electron chi connectivity index (χ2n) is 7.57. The van der Waals surface area contributed by atoms with E-state index in [-0.39, 0.29) is 0 Å². The molecule has 6 N–H and O–H groups in total. The summed E-state index contributed by atoms with van der Waals surface area (Å²) >= 11 is 0. The molecule has 0 aliphatic carbocycles. The molecule has 0 saturated carbocycles. The van der Waals surface area contributed by atoms with Crippen LogP contribution in [0.4, 0.5) is 0 Å². The first-order valence-corrected chi connectivity index (χ1v) is 10.2. The summed E-state index contributed by atoms with van der Waals surface area (Å²) in [6.07, 6.45) is 0. The molecule has 0 atom stereocenters. The van der Waals surface area contributed by atoms with Gasteiger partial charge in [-0.3, -0.25) is 9.59 Å². The van der Waals surface area contributed by atoms with Gasteiger partial charge in [-0.05, 0) is 38.8 Å². The molecule has 0 saturated heterocycles. The molecule has 2 aromatic rings. The van der Waals surface area contributed by atoms with Gasteiger partial charge in [0, 0.05) is 51.2 Å². The Bertz CT molecular complexity index is 815. The number of nitrogens with one attached hydrogen (secondary N) is 2. The number of carbonyl (C=O) groups is 2. The van der Waals surface area contributed by atoms with Crippen molar-refractivity contribution in [2.24, 2.45) is 0 Å². The predicted octanol–water partition coefficient (Wildman–Crippen LogP) is 3.39. The van der Waals surface area contributed by atoms with E-state index in [2.05, 4.69) is 10.6 Å². The second-order valence-corrected chi connectivity index (χ2v) is 7.57. The van der Waals surface area contributed by atoms with Crippen molar-refractivity contribution in [3.63, 3.8) is 0 Å². The number of rotatable bonds is 7. The highest BCUT2D eigenvalue weighted by Crippen LogP contribution is 2.24. The third-order valence-electron chi connectivity index (χ3n) is 4.16. The van der Waals surface area contributed by atoms with Gasteiger partial charge in [0.25, 0.3) is 11.9 Å². The molecule has 0 aliphatic rings. The van der Waals surface area contributed by atoms with Gasteiger partial charge in [-0.2, -0.15) is 0 Å². The molecule has 2 aromatic carbocycles. The number of aliphatic carboxylic acids is 2. The lowest BCUT2D eigenvalue weighted by Gasteiger charge is -2.12. The number of hydrogen-bond donors (Lipinski definition) is 6. The monoisotopic (exact) mass is 448 g/mol. The van der Waals surface area contributed by atoms with Crippen molar-refractivity contribution in [2.45, 2.75) is 54.6 Å².